The number of hydrogen-bond acceptors (Lipinski definition) is 7. The number of aromatic nitrogens is 4. The van der Waals surface area contributed by atoms with Gasteiger partial charge in [-0.2, -0.15) is 44.3 Å². The van der Waals surface area contributed by atoms with E-state index in [2.05, 4.69) is 15.4 Å². The van der Waals surface area contributed by atoms with E-state index in [4.69, 9.17) is 4.74 Å². The third-order valence-corrected chi connectivity index (χ3v) is 8.51. The molecular weight excluding hydrogens is 683 g/mol. The number of carbonyl (C=O) groups is 1. The summed E-state index contributed by atoms with van der Waals surface area (Å²) in [7, 11) is 2.64. The van der Waals surface area contributed by atoms with Gasteiger partial charge in [-0.25, -0.2) is 4.79 Å². The predicted molar refractivity (Wildman–Crippen MR) is 163 cm³/mol. The molecule has 0 saturated heterocycles. The average Bonchev–Trinajstić information content (AvgIpc) is 3.37. The van der Waals surface area contributed by atoms with Gasteiger partial charge >= 0.3 is 24.5 Å². The van der Waals surface area contributed by atoms with Gasteiger partial charge in [-0.3, -0.25) is 0 Å². The van der Waals surface area contributed by atoms with Gasteiger partial charge in [0.1, 0.15) is 0 Å². The molecule has 50 heavy (non-hydrogen) atoms. The third kappa shape index (κ3) is 7.65. The van der Waals surface area contributed by atoms with E-state index >= 15 is 0 Å². The fraction of sp³-hybridized carbons (Fsp3) is 0.394. The van der Waals surface area contributed by atoms with E-state index in [1.165, 1.54) is 51.1 Å². The van der Waals surface area contributed by atoms with Gasteiger partial charge in [-0.15, -0.1) is 5.10 Å². The van der Waals surface area contributed by atoms with Gasteiger partial charge < -0.3 is 14.5 Å². The molecule has 1 atom stereocenters. The summed E-state index contributed by atoms with van der Waals surface area (Å²) in [4.78, 5) is 16.1. The summed E-state index contributed by atoms with van der Waals surface area (Å²) in [6, 6.07) is 8.02. The molecule has 3 aromatic carbocycles. The number of fused-ring (bicyclic) bond motifs is 1. The minimum Gasteiger partial charge on any atom is -0.465 e. The molecule has 0 N–H and O–H groups in total. The van der Waals surface area contributed by atoms with Crippen molar-refractivity contribution in [1.82, 2.24) is 20.2 Å². The van der Waals surface area contributed by atoms with Crippen molar-refractivity contribution in [3.05, 3.63) is 98.6 Å². The molecule has 0 aliphatic carbocycles. The molecule has 0 fully saturated rings. The number of hydrogen-bond donors (Lipinski definition) is 0. The second-order valence-electron chi connectivity index (χ2n) is 12.0. The van der Waals surface area contributed by atoms with Crippen LogP contribution >= 0.6 is 0 Å². The number of aryl methyl sites for hydroxylation is 2. The van der Waals surface area contributed by atoms with Crippen LogP contribution in [0.4, 0.5) is 51.1 Å². The first-order valence-corrected chi connectivity index (χ1v) is 15.2. The van der Waals surface area contributed by atoms with E-state index in [0.717, 1.165) is 4.80 Å². The van der Waals surface area contributed by atoms with Crippen LogP contribution in [0.1, 0.15) is 73.7 Å². The summed E-state index contributed by atoms with van der Waals surface area (Å²) >= 11 is 0. The Morgan fingerprint density at radius 3 is 2.04 bits per heavy atom. The highest BCUT2D eigenvalue weighted by Gasteiger charge is 2.41. The van der Waals surface area contributed by atoms with Crippen molar-refractivity contribution in [1.29, 1.82) is 0 Å². The quantitative estimate of drug-likeness (QED) is 0.141. The number of nitrogens with zero attached hydrogens (tertiary/aromatic N) is 6. The maximum absolute atomic E-state index is 14.5. The number of ether oxygens (including phenoxy) is 1. The number of halogens is 9. The van der Waals surface area contributed by atoms with Crippen LogP contribution in [0.25, 0.3) is 0 Å². The summed E-state index contributed by atoms with van der Waals surface area (Å²) in [6.45, 7) is 2.43. The largest absolute Gasteiger partial charge is 0.465 e. The minimum atomic E-state index is -5.10. The zero-order valence-corrected chi connectivity index (χ0v) is 27.1. The van der Waals surface area contributed by atoms with Crippen LogP contribution in [0.2, 0.25) is 0 Å². The maximum Gasteiger partial charge on any atom is 0.416 e. The lowest BCUT2D eigenvalue weighted by atomic mass is 9.90. The van der Waals surface area contributed by atoms with Crippen LogP contribution in [-0.4, -0.2) is 39.8 Å². The van der Waals surface area contributed by atoms with Crippen LogP contribution < -0.4 is 9.80 Å². The van der Waals surface area contributed by atoms with Crippen LogP contribution in [0.5, 0.6) is 0 Å². The maximum atomic E-state index is 14.5. The van der Waals surface area contributed by atoms with Crippen molar-refractivity contribution >= 4 is 17.6 Å². The Balaban J connectivity index is 1.67. The first-order chi connectivity index (χ1) is 23.3. The molecule has 8 nitrogen and oxygen atoms in total. The molecule has 1 aliphatic rings. The highest BCUT2D eigenvalue weighted by molar-refractivity contribution is 5.89. The normalized spacial score (nSPS) is 15.5. The van der Waals surface area contributed by atoms with E-state index in [0.29, 0.717) is 29.7 Å². The summed E-state index contributed by atoms with van der Waals surface area (Å²) in [5, 5.41) is 12.0. The molecule has 17 heteroatoms. The van der Waals surface area contributed by atoms with E-state index in [1.54, 1.807) is 17.0 Å². The second kappa shape index (κ2) is 13.5. The van der Waals surface area contributed by atoms with Gasteiger partial charge in [0.05, 0.1) is 42.5 Å². The lowest BCUT2D eigenvalue weighted by molar-refractivity contribution is -0.143. The Morgan fingerprint density at radius 2 is 1.52 bits per heavy atom. The molecule has 0 unspecified atom stereocenters. The van der Waals surface area contributed by atoms with Crippen molar-refractivity contribution in [2.75, 3.05) is 23.5 Å². The standard InChI is InChI=1S/C33H31F9N6O2/c1-18-12-25-26(48(30-43-45-46(3)44-30)17-21-13-23(31(34,35)36)15-24(14-21)32(37,38)39)6-5-11-47(28(25)19(2)27(18)33(40,41)42)16-20-7-9-22(10-8-20)29(49)50-4/h7-10,12-15,26H,5-6,11,16-17H2,1-4H3/t26-/m0/s1. The molecule has 0 amide bonds. The van der Waals surface area contributed by atoms with Crippen molar-refractivity contribution in [3.8, 4) is 0 Å². The molecule has 0 spiro atoms. The zero-order chi connectivity index (χ0) is 36.8. The molecule has 1 aromatic heterocycles. The van der Waals surface area contributed by atoms with Gasteiger partial charge in [0, 0.05) is 25.3 Å². The highest BCUT2D eigenvalue weighted by atomic mass is 19.4. The zero-order valence-electron chi connectivity index (χ0n) is 27.1. The number of rotatable bonds is 7. The van der Waals surface area contributed by atoms with E-state index in [9.17, 15) is 44.3 Å². The fourth-order valence-corrected chi connectivity index (χ4v) is 6.44. The van der Waals surface area contributed by atoms with Crippen molar-refractivity contribution in [2.24, 2.45) is 7.05 Å². The monoisotopic (exact) mass is 714 g/mol. The summed E-state index contributed by atoms with van der Waals surface area (Å²) in [6.07, 6.45) is -14.4. The topological polar surface area (TPSA) is 76.4 Å². The Bertz CT molecular complexity index is 1840. The molecule has 0 bridgehead atoms. The number of anilines is 2. The molecule has 5 rings (SSSR count). The fourth-order valence-electron chi connectivity index (χ4n) is 6.44. The van der Waals surface area contributed by atoms with Crippen LogP contribution in [-0.2, 0) is 43.4 Å². The van der Waals surface area contributed by atoms with Gasteiger partial charge in [-0.05, 0) is 90.1 Å². The molecule has 4 aromatic rings. The number of benzene rings is 3. The van der Waals surface area contributed by atoms with Crippen LogP contribution in [0.3, 0.4) is 0 Å². The number of methoxy groups -OCH3 is 1. The third-order valence-electron chi connectivity index (χ3n) is 8.51. The Labute approximate surface area is 280 Å². The summed E-state index contributed by atoms with van der Waals surface area (Å²) in [5.41, 5.74) is -2.98. The van der Waals surface area contributed by atoms with Crippen LogP contribution in [0.15, 0.2) is 48.5 Å². The first kappa shape index (κ1) is 36.5. The SMILES string of the molecule is COC(=O)c1ccc(CN2CCC[C@H](N(Cc3cc(C(F)(F)F)cc(C(F)(F)F)c3)c3nnn(C)n3)c3cc(C)c(C(F)(F)F)c(C)c32)cc1. The van der Waals surface area contributed by atoms with Crippen LogP contribution in [0, 0.1) is 13.8 Å². The predicted octanol–water partition coefficient (Wildman–Crippen LogP) is 8.22. The number of esters is 1. The minimum absolute atomic E-state index is 0.0241. The Kier molecular flexibility index (Phi) is 9.82. The summed E-state index contributed by atoms with van der Waals surface area (Å²) < 4.78 is 131. The van der Waals surface area contributed by atoms with Gasteiger partial charge in [0.2, 0.25) is 0 Å². The van der Waals surface area contributed by atoms with Crippen molar-refractivity contribution in [2.45, 2.75) is 64.3 Å². The molecule has 1 aliphatic heterocycles. The Morgan fingerprint density at radius 1 is 0.900 bits per heavy atom. The lowest BCUT2D eigenvalue weighted by Gasteiger charge is -2.34. The number of carbonyl (C=O) groups excluding carboxylic acids is 1. The van der Waals surface area contributed by atoms with E-state index < -0.39 is 53.8 Å². The first-order valence-electron chi connectivity index (χ1n) is 15.2. The number of alkyl halides is 9. The summed E-state index contributed by atoms with van der Waals surface area (Å²) in [5.74, 6) is -0.710. The van der Waals surface area contributed by atoms with E-state index in [1.807, 2.05) is 0 Å². The molecule has 0 radical (unpaired) electrons. The van der Waals surface area contributed by atoms with Gasteiger partial charge in [-0.1, -0.05) is 23.3 Å². The van der Waals surface area contributed by atoms with Gasteiger partial charge in [0.25, 0.3) is 5.95 Å². The molecule has 2 heterocycles. The second-order valence-corrected chi connectivity index (χ2v) is 12.0. The van der Waals surface area contributed by atoms with E-state index in [-0.39, 0.29) is 59.5 Å². The number of tetrazole rings is 1. The lowest BCUT2D eigenvalue weighted by Crippen LogP contribution is -2.31. The smallest absolute Gasteiger partial charge is 0.416 e. The highest BCUT2D eigenvalue weighted by Crippen LogP contribution is 2.47. The molecular formula is C33H31F9N6O2. The molecule has 268 valence electrons. The van der Waals surface area contributed by atoms with Crippen molar-refractivity contribution < 1.29 is 49.0 Å². The molecule has 0 saturated carbocycles. The van der Waals surface area contributed by atoms with Gasteiger partial charge in [0.15, 0.2) is 0 Å². The van der Waals surface area contributed by atoms with Crippen molar-refractivity contribution in [3.63, 3.8) is 0 Å². The Hall–Kier alpha value is -4.83. The average molecular weight is 715 g/mol.